The molecule has 0 bridgehead atoms. The summed E-state index contributed by atoms with van der Waals surface area (Å²) in [6.07, 6.45) is 36.8. The topological polar surface area (TPSA) is 142 Å². The molecule has 0 rings (SSSR count). The Morgan fingerprint density at radius 3 is 1.56 bits per heavy atom. The maximum absolute atomic E-state index is 12.7. The Morgan fingerprint density at radius 2 is 1.06 bits per heavy atom. The first-order chi connectivity index (χ1) is 24.3. The molecule has 0 spiro atoms. The molecule has 0 aliphatic heterocycles. The van der Waals surface area contributed by atoms with Crippen molar-refractivity contribution in [3.05, 3.63) is 12.2 Å². The highest BCUT2D eigenvalue weighted by Crippen LogP contribution is 2.16. The van der Waals surface area contributed by atoms with Gasteiger partial charge in [0.1, 0.15) is 12.1 Å². The molecule has 9 nitrogen and oxygen atoms in total. The van der Waals surface area contributed by atoms with E-state index in [2.05, 4.69) is 36.6 Å². The molecule has 0 aromatic heterocycles. The highest BCUT2D eigenvalue weighted by atomic mass is 16.5. The fourth-order valence-electron chi connectivity index (χ4n) is 6.04. The van der Waals surface area contributed by atoms with Gasteiger partial charge < -0.3 is 25.6 Å². The minimum absolute atomic E-state index is 0.108. The molecule has 2 amide bonds. The number of nitrogens with one attached hydrogen (secondary N) is 2. The van der Waals surface area contributed by atoms with Crippen LogP contribution in [0.4, 0.5) is 0 Å². The Bertz CT molecular complexity index is 864. The SMILES string of the molecule is CCCCCCCC/C=C\C(CCCCCCC(=O)NCC(=O)NC(CO)C(=O)O)OC(=O)CCCCCCCCCCCCCCCCC. The summed E-state index contributed by atoms with van der Waals surface area (Å²) in [6.45, 7) is 3.44. The molecule has 0 aliphatic rings. The summed E-state index contributed by atoms with van der Waals surface area (Å²) in [5.41, 5.74) is 0. The summed E-state index contributed by atoms with van der Waals surface area (Å²) in [5, 5.41) is 22.5. The summed E-state index contributed by atoms with van der Waals surface area (Å²) in [4.78, 5) is 47.4. The van der Waals surface area contributed by atoms with Crippen molar-refractivity contribution in [1.29, 1.82) is 0 Å². The molecule has 9 heteroatoms. The standard InChI is InChI=1S/C41H76N2O7/c1-3-5-7-9-11-13-14-15-16-17-18-19-21-23-29-33-40(47)50-36(30-26-22-20-12-10-8-6-4-2)31-27-24-25-28-32-38(45)42-34-39(46)43-37(35-44)41(48)49/h26,30,36-37,44H,3-25,27-29,31-35H2,1-2H3,(H,42,45)(H,43,46)(H,48,49)/b30-26-. The number of amides is 2. The van der Waals surface area contributed by atoms with E-state index in [1.807, 2.05) is 0 Å². The fraction of sp³-hybridized carbons (Fsp3) is 0.854. The molecule has 2 atom stereocenters. The molecule has 2 unspecified atom stereocenters. The van der Waals surface area contributed by atoms with Crippen molar-refractivity contribution >= 4 is 23.8 Å². The van der Waals surface area contributed by atoms with Gasteiger partial charge in [-0.2, -0.15) is 0 Å². The molecule has 0 radical (unpaired) electrons. The maximum atomic E-state index is 12.7. The van der Waals surface area contributed by atoms with Crippen molar-refractivity contribution in [2.45, 2.75) is 212 Å². The van der Waals surface area contributed by atoms with Crippen LogP contribution in [0.3, 0.4) is 0 Å². The number of hydrogen-bond donors (Lipinski definition) is 4. The van der Waals surface area contributed by atoms with Gasteiger partial charge in [-0.3, -0.25) is 14.4 Å². The van der Waals surface area contributed by atoms with Gasteiger partial charge in [-0.25, -0.2) is 4.79 Å². The van der Waals surface area contributed by atoms with Crippen LogP contribution in [0.2, 0.25) is 0 Å². The molecule has 4 N–H and O–H groups in total. The molecular weight excluding hydrogens is 632 g/mol. The summed E-state index contributed by atoms with van der Waals surface area (Å²) in [5.74, 6) is -2.38. The van der Waals surface area contributed by atoms with Crippen molar-refractivity contribution in [2.24, 2.45) is 0 Å². The van der Waals surface area contributed by atoms with Gasteiger partial charge in [-0.1, -0.05) is 155 Å². The van der Waals surface area contributed by atoms with Gasteiger partial charge in [0, 0.05) is 12.8 Å². The molecule has 0 heterocycles. The number of carbonyl (C=O) groups is 4. The summed E-state index contributed by atoms with van der Waals surface area (Å²) in [7, 11) is 0. The van der Waals surface area contributed by atoms with Crippen LogP contribution in [0.5, 0.6) is 0 Å². The number of aliphatic hydroxyl groups excluding tert-OH is 1. The maximum Gasteiger partial charge on any atom is 0.328 e. The van der Waals surface area contributed by atoms with E-state index in [0.29, 0.717) is 12.8 Å². The number of aliphatic carboxylic acids is 1. The van der Waals surface area contributed by atoms with Crippen LogP contribution >= 0.6 is 0 Å². The summed E-state index contributed by atoms with van der Waals surface area (Å²) >= 11 is 0. The largest absolute Gasteiger partial charge is 0.480 e. The van der Waals surface area contributed by atoms with E-state index < -0.39 is 24.5 Å². The van der Waals surface area contributed by atoms with E-state index in [9.17, 15) is 19.2 Å². The van der Waals surface area contributed by atoms with Crippen molar-refractivity contribution in [2.75, 3.05) is 13.2 Å². The first-order valence-corrected chi connectivity index (χ1v) is 20.6. The number of carboxylic acid groups (broad SMARTS) is 1. The third-order valence-corrected chi connectivity index (χ3v) is 9.25. The average Bonchev–Trinajstić information content (AvgIpc) is 3.10. The Labute approximate surface area is 305 Å². The minimum atomic E-state index is -1.39. The fourth-order valence-corrected chi connectivity index (χ4v) is 6.04. The highest BCUT2D eigenvalue weighted by molar-refractivity contribution is 5.87. The lowest BCUT2D eigenvalue weighted by atomic mass is 10.0. The van der Waals surface area contributed by atoms with Gasteiger partial charge >= 0.3 is 11.9 Å². The predicted molar refractivity (Wildman–Crippen MR) is 204 cm³/mol. The number of ether oxygens (including phenoxy) is 1. The zero-order chi connectivity index (χ0) is 36.9. The summed E-state index contributed by atoms with van der Waals surface area (Å²) < 4.78 is 5.90. The Balaban J connectivity index is 4.24. The number of carboxylic acids is 1. The van der Waals surface area contributed by atoms with Crippen molar-refractivity contribution in [3.63, 3.8) is 0 Å². The number of allylic oxidation sites excluding steroid dienone is 1. The van der Waals surface area contributed by atoms with E-state index >= 15 is 0 Å². The van der Waals surface area contributed by atoms with Crippen molar-refractivity contribution in [3.8, 4) is 0 Å². The minimum Gasteiger partial charge on any atom is -0.480 e. The molecule has 292 valence electrons. The lowest BCUT2D eigenvalue weighted by molar-refractivity contribution is -0.147. The Kier molecular flexibility index (Phi) is 34.6. The number of aliphatic hydroxyl groups is 1. The van der Waals surface area contributed by atoms with Crippen LogP contribution in [-0.2, 0) is 23.9 Å². The quantitative estimate of drug-likeness (QED) is 0.0286. The van der Waals surface area contributed by atoms with Gasteiger partial charge in [0.2, 0.25) is 11.8 Å². The van der Waals surface area contributed by atoms with Gasteiger partial charge in [0.15, 0.2) is 0 Å². The summed E-state index contributed by atoms with van der Waals surface area (Å²) in [6, 6.07) is -1.39. The van der Waals surface area contributed by atoms with E-state index in [-0.39, 0.29) is 30.9 Å². The third kappa shape index (κ3) is 32.8. The Hall–Kier alpha value is -2.42. The second-order valence-electron chi connectivity index (χ2n) is 14.1. The van der Waals surface area contributed by atoms with Gasteiger partial charge in [-0.05, 0) is 44.6 Å². The molecule has 0 aromatic carbocycles. The second-order valence-corrected chi connectivity index (χ2v) is 14.1. The lowest BCUT2D eigenvalue weighted by Crippen LogP contribution is -2.47. The normalized spacial score (nSPS) is 12.5. The second kappa shape index (κ2) is 36.4. The van der Waals surface area contributed by atoms with Crippen LogP contribution in [0, 0.1) is 0 Å². The van der Waals surface area contributed by atoms with Crippen LogP contribution < -0.4 is 10.6 Å². The first-order valence-electron chi connectivity index (χ1n) is 20.6. The molecule has 0 saturated carbocycles. The molecule has 50 heavy (non-hydrogen) atoms. The third-order valence-electron chi connectivity index (χ3n) is 9.25. The van der Waals surface area contributed by atoms with Gasteiger partial charge in [-0.15, -0.1) is 0 Å². The number of hydrogen-bond acceptors (Lipinski definition) is 6. The number of carbonyl (C=O) groups excluding carboxylic acids is 3. The predicted octanol–water partition coefficient (Wildman–Crippen LogP) is 9.49. The Morgan fingerprint density at radius 1 is 0.600 bits per heavy atom. The van der Waals surface area contributed by atoms with Gasteiger partial charge in [0.25, 0.3) is 0 Å². The van der Waals surface area contributed by atoms with Crippen LogP contribution in [0.15, 0.2) is 12.2 Å². The lowest BCUT2D eigenvalue weighted by Gasteiger charge is -2.15. The smallest absolute Gasteiger partial charge is 0.328 e. The van der Waals surface area contributed by atoms with Crippen LogP contribution in [-0.4, -0.2) is 59.3 Å². The molecule has 0 aliphatic carbocycles. The van der Waals surface area contributed by atoms with E-state index in [1.54, 1.807) is 0 Å². The molecule has 0 saturated heterocycles. The molecule has 0 aromatic rings. The van der Waals surface area contributed by atoms with E-state index in [1.165, 1.54) is 116 Å². The number of rotatable bonds is 37. The first kappa shape index (κ1) is 47.6. The van der Waals surface area contributed by atoms with E-state index in [0.717, 1.165) is 51.4 Å². The monoisotopic (exact) mass is 709 g/mol. The number of esters is 1. The molecule has 0 fully saturated rings. The zero-order valence-electron chi connectivity index (χ0n) is 32.2. The average molecular weight is 709 g/mol. The van der Waals surface area contributed by atoms with E-state index in [4.69, 9.17) is 14.9 Å². The highest BCUT2D eigenvalue weighted by Gasteiger charge is 2.18. The van der Waals surface area contributed by atoms with Crippen LogP contribution in [0.1, 0.15) is 200 Å². The van der Waals surface area contributed by atoms with Crippen molar-refractivity contribution < 1.29 is 34.1 Å². The molecular formula is C41H76N2O7. The van der Waals surface area contributed by atoms with Crippen molar-refractivity contribution in [1.82, 2.24) is 10.6 Å². The number of unbranched alkanes of at least 4 members (excludes halogenated alkanes) is 23. The zero-order valence-corrected chi connectivity index (χ0v) is 32.2. The van der Waals surface area contributed by atoms with Crippen LogP contribution in [0.25, 0.3) is 0 Å². The van der Waals surface area contributed by atoms with Gasteiger partial charge in [0.05, 0.1) is 13.2 Å².